The van der Waals surface area contributed by atoms with Crippen LogP contribution >= 0.6 is 0 Å². The first-order chi connectivity index (χ1) is 4.63. The highest BCUT2D eigenvalue weighted by Crippen LogP contribution is 1.96. The molecule has 0 rings (SSSR count). The van der Waals surface area contributed by atoms with Crippen LogP contribution in [0.25, 0.3) is 0 Å². The molecular weight excluding hydrogens is 128 g/mol. The van der Waals surface area contributed by atoms with Crippen LogP contribution in [0.2, 0.25) is 0 Å². The molecule has 7 N–H and O–H groups in total. The second-order valence-corrected chi connectivity index (χ2v) is 2.31. The molecule has 0 amide bonds. The molecule has 0 saturated carbocycles. The summed E-state index contributed by atoms with van der Waals surface area (Å²) in [7, 11) is 0. The van der Waals surface area contributed by atoms with E-state index >= 15 is 0 Å². The number of amidine groups is 2. The first kappa shape index (κ1) is 8.94. The van der Waals surface area contributed by atoms with Crippen LogP contribution in [0.1, 0.15) is 25.7 Å². The van der Waals surface area contributed by atoms with E-state index in [9.17, 15) is 0 Å². The van der Waals surface area contributed by atoms with Crippen molar-refractivity contribution in [2.75, 3.05) is 0 Å². The van der Waals surface area contributed by atoms with Crippen LogP contribution in [-0.4, -0.2) is 11.7 Å². The molecule has 0 unspecified atom stereocenters. The monoisotopic (exact) mass is 143 g/mol. The molecule has 0 aromatic carbocycles. The van der Waals surface area contributed by atoms with E-state index in [2.05, 4.69) is 0 Å². The molecule has 0 atom stereocenters. The molecule has 0 aliphatic heterocycles. The SMILES string of the molecule is N=C(N)CCCCC(N)=[NH2+]. The summed E-state index contributed by atoms with van der Waals surface area (Å²) in [6.45, 7) is 0. The molecule has 0 spiro atoms. The summed E-state index contributed by atoms with van der Waals surface area (Å²) in [6.07, 6.45) is 3.19. The predicted octanol–water partition coefficient (Wildman–Crippen LogP) is -1.40. The van der Waals surface area contributed by atoms with Crippen molar-refractivity contribution in [3.05, 3.63) is 0 Å². The van der Waals surface area contributed by atoms with Crippen molar-refractivity contribution in [3.8, 4) is 0 Å². The number of rotatable bonds is 5. The fourth-order valence-electron chi connectivity index (χ4n) is 0.645. The van der Waals surface area contributed by atoms with Crippen LogP contribution in [-0.2, 0) is 0 Å². The molecule has 0 heterocycles. The third-order valence-corrected chi connectivity index (χ3v) is 1.16. The molecule has 10 heavy (non-hydrogen) atoms. The van der Waals surface area contributed by atoms with Crippen LogP contribution in [0.5, 0.6) is 0 Å². The Morgan fingerprint density at radius 1 is 1.20 bits per heavy atom. The minimum Gasteiger partial charge on any atom is -0.388 e. The van der Waals surface area contributed by atoms with Crippen molar-refractivity contribution in [1.29, 1.82) is 5.41 Å². The van der Waals surface area contributed by atoms with Crippen LogP contribution < -0.4 is 16.9 Å². The highest BCUT2D eigenvalue weighted by atomic mass is 14.7. The quantitative estimate of drug-likeness (QED) is 0.216. The third kappa shape index (κ3) is 6.94. The smallest absolute Gasteiger partial charge is 0.238 e. The molecule has 0 aliphatic rings. The minimum atomic E-state index is 0.232. The zero-order valence-corrected chi connectivity index (χ0v) is 6.06. The van der Waals surface area contributed by atoms with Crippen molar-refractivity contribution in [1.82, 2.24) is 0 Å². The van der Waals surface area contributed by atoms with Crippen LogP contribution in [0.4, 0.5) is 0 Å². The number of nitrogens with one attached hydrogen (secondary N) is 1. The molecule has 0 aliphatic carbocycles. The molecule has 0 aromatic rings. The van der Waals surface area contributed by atoms with E-state index in [4.69, 9.17) is 22.3 Å². The predicted molar refractivity (Wildman–Crippen MR) is 41.5 cm³/mol. The van der Waals surface area contributed by atoms with Gasteiger partial charge in [0.25, 0.3) is 0 Å². The number of hydrogen-bond acceptors (Lipinski definition) is 1. The lowest BCUT2D eigenvalue weighted by Crippen LogP contribution is -2.45. The molecule has 4 heteroatoms. The molecule has 0 saturated heterocycles. The lowest BCUT2D eigenvalue weighted by atomic mass is 10.2. The molecule has 0 fully saturated rings. The highest BCUT2D eigenvalue weighted by Gasteiger charge is 1.95. The molecule has 0 radical (unpaired) electrons. The Bertz CT molecular complexity index is 114. The van der Waals surface area contributed by atoms with Gasteiger partial charge in [-0.2, -0.15) is 0 Å². The zero-order valence-electron chi connectivity index (χ0n) is 6.06. The van der Waals surface area contributed by atoms with Crippen molar-refractivity contribution in [2.45, 2.75) is 25.7 Å². The summed E-state index contributed by atoms with van der Waals surface area (Å²) in [5, 5.41) is 12.1. The van der Waals surface area contributed by atoms with E-state index in [1.165, 1.54) is 0 Å². The maximum Gasteiger partial charge on any atom is 0.238 e. The summed E-state index contributed by atoms with van der Waals surface area (Å²) in [5.74, 6) is 0.694. The average molecular weight is 143 g/mol. The Hall–Kier alpha value is -1.06. The Morgan fingerprint density at radius 2 is 1.70 bits per heavy atom. The first-order valence-corrected chi connectivity index (χ1v) is 3.32. The van der Waals surface area contributed by atoms with Gasteiger partial charge in [0.1, 0.15) is 0 Å². The van der Waals surface area contributed by atoms with Gasteiger partial charge < -0.3 is 5.73 Å². The molecule has 4 nitrogen and oxygen atoms in total. The molecule has 0 bridgehead atoms. The lowest BCUT2D eigenvalue weighted by Gasteiger charge is -1.94. The summed E-state index contributed by atoms with van der Waals surface area (Å²) >= 11 is 0. The molecule has 0 aromatic heterocycles. The second-order valence-electron chi connectivity index (χ2n) is 2.31. The summed E-state index contributed by atoms with van der Waals surface area (Å²) in [4.78, 5) is 0. The zero-order chi connectivity index (χ0) is 7.98. The topological polar surface area (TPSA) is 101 Å². The Morgan fingerprint density at radius 3 is 2.10 bits per heavy atom. The van der Waals surface area contributed by atoms with Gasteiger partial charge in [-0.15, -0.1) is 0 Å². The van der Waals surface area contributed by atoms with Gasteiger partial charge in [0.2, 0.25) is 5.84 Å². The lowest BCUT2D eigenvalue weighted by molar-refractivity contribution is -0.118. The van der Waals surface area contributed by atoms with Crippen molar-refractivity contribution in [2.24, 2.45) is 11.5 Å². The largest absolute Gasteiger partial charge is 0.388 e. The molecule has 58 valence electrons. The van der Waals surface area contributed by atoms with E-state index in [0.29, 0.717) is 12.3 Å². The van der Waals surface area contributed by atoms with Gasteiger partial charge in [-0.25, -0.2) is 0 Å². The van der Waals surface area contributed by atoms with Gasteiger partial charge in [0.05, 0.1) is 5.84 Å². The molecular formula is C6H15N4+. The van der Waals surface area contributed by atoms with Crippen molar-refractivity contribution < 1.29 is 5.41 Å². The van der Waals surface area contributed by atoms with E-state index in [-0.39, 0.29) is 5.84 Å². The van der Waals surface area contributed by atoms with Gasteiger partial charge in [0, 0.05) is 12.8 Å². The summed E-state index contributed by atoms with van der Waals surface area (Å²) < 4.78 is 0. The van der Waals surface area contributed by atoms with Crippen LogP contribution in [0.15, 0.2) is 0 Å². The Labute approximate surface area is 60.6 Å². The second kappa shape index (κ2) is 4.78. The van der Waals surface area contributed by atoms with Crippen molar-refractivity contribution >= 4 is 11.7 Å². The standard InChI is InChI=1S/C6H14N4/c7-5(8)3-1-2-4-6(9)10/h1-4H2,(H3,7,8)(H3,9,10)/p+1. The van der Waals surface area contributed by atoms with Gasteiger partial charge >= 0.3 is 0 Å². The van der Waals surface area contributed by atoms with Crippen LogP contribution in [0, 0.1) is 5.41 Å². The van der Waals surface area contributed by atoms with Crippen molar-refractivity contribution in [3.63, 3.8) is 0 Å². The van der Waals surface area contributed by atoms with Gasteiger partial charge in [0.15, 0.2) is 0 Å². The minimum absolute atomic E-state index is 0.232. The fraction of sp³-hybridized carbons (Fsp3) is 0.667. The van der Waals surface area contributed by atoms with Gasteiger partial charge in [-0.05, 0) is 12.8 Å². The third-order valence-electron chi connectivity index (χ3n) is 1.16. The van der Waals surface area contributed by atoms with E-state index in [1.807, 2.05) is 0 Å². The van der Waals surface area contributed by atoms with Crippen LogP contribution in [0.3, 0.4) is 0 Å². The average Bonchev–Trinajstić information content (AvgIpc) is 1.79. The fourth-order valence-corrected chi connectivity index (χ4v) is 0.645. The summed E-state index contributed by atoms with van der Waals surface area (Å²) in [6, 6.07) is 0. The van der Waals surface area contributed by atoms with E-state index < -0.39 is 0 Å². The highest BCUT2D eigenvalue weighted by molar-refractivity contribution is 5.77. The van der Waals surface area contributed by atoms with Gasteiger partial charge in [-0.3, -0.25) is 16.6 Å². The van der Waals surface area contributed by atoms with E-state index in [1.54, 1.807) is 0 Å². The first-order valence-electron chi connectivity index (χ1n) is 3.32. The maximum atomic E-state index is 6.89. The number of hydrogen-bond donors (Lipinski definition) is 4. The van der Waals surface area contributed by atoms with E-state index in [0.717, 1.165) is 19.3 Å². The Kier molecular flexibility index (Phi) is 4.28. The summed E-state index contributed by atoms with van der Waals surface area (Å²) in [5.41, 5.74) is 10.3. The maximum absolute atomic E-state index is 6.89. The number of unbranched alkanes of at least 4 members (excludes halogenated alkanes) is 1. The van der Waals surface area contributed by atoms with Gasteiger partial charge in [-0.1, -0.05) is 0 Å². The normalized spacial score (nSPS) is 9.20. The number of nitrogens with two attached hydrogens (primary N) is 3. The Balaban J connectivity index is 3.06.